The maximum Gasteiger partial charge on any atom is 0.336 e. The lowest BCUT2D eigenvalue weighted by atomic mass is 10.0. The lowest BCUT2D eigenvalue weighted by molar-refractivity contribution is -0.127. The number of amides is 1. The van der Waals surface area contributed by atoms with Gasteiger partial charge in [-0.05, 0) is 67.6 Å². The van der Waals surface area contributed by atoms with E-state index in [-0.39, 0.29) is 11.5 Å². The fourth-order valence-electron chi connectivity index (χ4n) is 3.21. The minimum absolute atomic E-state index is 0.219. The molecule has 1 atom stereocenters. The Bertz CT molecular complexity index is 1040. The number of unbranched alkanes of at least 4 members (excludes halogenated alkanes) is 1. The molecule has 3 aromatic rings. The van der Waals surface area contributed by atoms with E-state index in [0.717, 1.165) is 41.3 Å². The van der Waals surface area contributed by atoms with E-state index in [0.29, 0.717) is 17.9 Å². The molecule has 152 valence electrons. The number of fused-ring (bicyclic) bond motifs is 1. The molecule has 3 rings (SSSR count). The van der Waals surface area contributed by atoms with Gasteiger partial charge >= 0.3 is 5.63 Å². The summed E-state index contributed by atoms with van der Waals surface area (Å²) in [7, 11) is 0. The molecule has 0 aliphatic rings. The zero-order valence-corrected chi connectivity index (χ0v) is 17.0. The highest BCUT2D eigenvalue weighted by Crippen LogP contribution is 2.31. The van der Waals surface area contributed by atoms with Crippen molar-refractivity contribution in [2.24, 2.45) is 0 Å². The third kappa shape index (κ3) is 5.22. The average molecular weight is 394 g/mol. The molecule has 0 aliphatic carbocycles. The smallest absolute Gasteiger partial charge is 0.336 e. The number of benzene rings is 1. The fraction of sp³-hybridized carbons (Fsp3) is 0.348. The maximum atomic E-state index is 12.5. The molecule has 1 N–H and O–H groups in total. The van der Waals surface area contributed by atoms with Crippen molar-refractivity contribution in [1.29, 1.82) is 0 Å². The molecule has 0 unspecified atom stereocenters. The van der Waals surface area contributed by atoms with Crippen LogP contribution in [0.3, 0.4) is 0 Å². The van der Waals surface area contributed by atoms with Gasteiger partial charge in [0.1, 0.15) is 11.3 Å². The number of aryl methyl sites for hydroxylation is 2. The Morgan fingerprint density at radius 3 is 2.72 bits per heavy atom. The number of hydrogen-bond donors (Lipinski definition) is 1. The Morgan fingerprint density at radius 2 is 2.00 bits per heavy atom. The molecule has 0 saturated carbocycles. The molecule has 2 aromatic heterocycles. The van der Waals surface area contributed by atoms with Crippen LogP contribution >= 0.6 is 0 Å². The molecule has 2 heterocycles. The standard InChI is InChI=1S/C23H26N2O4/c1-4-5-6-18-13-21(26)29-20-12-15(2)11-19(22(18)20)28-16(3)23(27)25-14-17-7-9-24-10-8-17/h7-13,16H,4-6,14H2,1-3H3,(H,25,27)/t16-/m0/s1. The molecule has 6 nitrogen and oxygen atoms in total. The second kappa shape index (κ2) is 9.37. The van der Waals surface area contributed by atoms with E-state index in [1.165, 1.54) is 6.07 Å². The second-order valence-corrected chi connectivity index (χ2v) is 7.16. The predicted molar refractivity (Wildman–Crippen MR) is 112 cm³/mol. The van der Waals surface area contributed by atoms with Crippen LogP contribution in [0.25, 0.3) is 11.0 Å². The van der Waals surface area contributed by atoms with Crippen molar-refractivity contribution < 1.29 is 13.9 Å². The third-order valence-electron chi connectivity index (χ3n) is 4.72. The van der Waals surface area contributed by atoms with Crippen LogP contribution in [0.4, 0.5) is 0 Å². The highest BCUT2D eigenvalue weighted by atomic mass is 16.5. The SMILES string of the molecule is CCCCc1cc(=O)oc2cc(C)cc(O[C@@H](C)C(=O)NCc3ccncc3)c12. The summed E-state index contributed by atoms with van der Waals surface area (Å²) in [5.74, 6) is 0.338. The number of carbonyl (C=O) groups excluding carboxylic acids is 1. The van der Waals surface area contributed by atoms with Crippen LogP contribution in [-0.4, -0.2) is 17.0 Å². The fourth-order valence-corrected chi connectivity index (χ4v) is 3.21. The molecule has 0 radical (unpaired) electrons. The van der Waals surface area contributed by atoms with Crippen molar-refractivity contribution >= 4 is 16.9 Å². The first kappa shape index (κ1) is 20.6. The normalized spacial score (nSPS) is 12.0. The van der Waals surface area contributed by atoms with E-state index >= 15 is 0 Å². The van der Waals surface area contributed by atoms with E-state index in [9.17, 15) is 9.59 Å². The first-order valence-corrected chi connectivity index (χ1v) is 9.88. The summed E-state index contributed by atoms with van der Waals surface area (Å²) >= 11 is 0. The van der Waals surface area contributed by atoms with Gasteiger partial charge in [-0.1, -0.05) is 13.3 Å². The number of nitrogens with one attached hydrogen (secondary N) is 1. The molecular formula is C23H26N2O4. The van der Waals surface area contributed by atoms with Crippen LogP contribution in [0.1, 0.15) is 43.4 Å². The molecule has 0 saturated heterocycles. The summed E-state index contributed by atoms with van der Waals surface area (Å²) in [6.07, 6.45) is 5.39. The van der Waals surface area contributed by atoms with E-state index in [2.05, 4.69) is 17.2 Å². The summed E-state index contributed by atoms with van der Waals surface area (Å²) < 4.78 is 11.4. The van der Waals surface area contributed by atoms with Gasteiger partial charge in [-0.25, -0.2) is 4.79 Å². The van der Waals surface area contributed by atoms with Gasteiger partial charge in [0.25, 0.3) is 5.91 Å². The van der Waals surface area contributed by atoms with Crippen molar-refractivity contribution in [2.75, 3.05) is 0 Å². The molecule has 0 fully saturated rings. The second-order valence-electron chi connectivity index (χ2n) is 7.16. The van der Waals surface area contributed by atoms with Gasteiger partial charge < -0.3 is 14.5 Å². The minimum Gasteiger partial charge on any atom is -0.480 e. The summed E-state index contributed by atoms with van der Waals surface area (Å²) in [4.78, 5) is 28.5. The maximum absolute atomic E-state index is 12.5. The Kier molecular flexibility index (Phi) is 6.65. The average Bonchev–Trinajstić information content (AvgIpc) is 2.70. The summed E-state index contributed by atoms with van der Waals surface area (Å²) in [5.41, 5.74) is 2.86. The first-order chi connectivity index (χ1) is 14.0. The van der Waals surface area contributed by atoms with Gasteiger partial charge in [-0.3, -0.25) is 9.78 Å². The molecule has 0 spiro atoms. The van der Waals surface area contributed by atoms with Crippen molar-refractivity contribution in [1.82, 2.24) is 10.3 Å². The van der Waals surface area contributed by atoms with E-state index in [4.69, 9.17) is 9.15 Å². The largest absolute Gasteiger partial charge is 0.480 e. The summed E-state index contributed by atoms with van der Waals surface area (Å²) in [6, 6.07) is 8.93. The minimum atomic E-state index is -0.701. The Balaban J connectivity index is 1.84. The number of aromatic nitrogens is 1. The van der Waals surface area contributed by atoms with E-state index in [1.807, 2.05) is 31.2 Å². The number of pyridine rings is 1. The zero-order chi connectivity index (χ0) is 20.8. The van der Waals surface area contributed by atoms with Gasteiger partial charge in [-0.15, -0.1) is 0 Å². The lowest BCUT2D eigenvalue weighted by Gasteiger charge is -2.18. The lowest BCUT2D eigenvalue weighted by Crippen LogP contribution is -2.36. The quantitative estimate of drug-likeness (QED) is 0.586. The monoisotopic (exact) mass is 394 g/mol. The third-order valence-corrected chi connectivity index (χ3v) is 4.72. The molecule has 0 bridgehead atoms. The van der Waals surface area contributed by atoms with Crippen molar-refractivity contribution in [3.63, 3.8) is 0 Å². The number of hydrogen-bond acceptors (Lipinski definition) is 5. The topological polar surface area (TPSA) is 81.4 Å². The number of carbonyl (C=O) groups is 1. The molecule has 1 amide bonds. The van der Waals surface area contributed by atoms with Gasteiger partial charge in [0.2, 0.25) is 0 Å². The summed E-state index contributed by atoms with van der Waals surface area (Å²) in [5, 5.41) is 3.64. The molecule has 0 aliphatic heterocycles. The Labute approximate surface area is 169 Å². The highest BCUT2D eigenvalue weighted by Gasteiger charge is 2.19. The number of ether oxygens (including phenoxy) is 1. The van der Waals surface area contributed by atoms with Gasteiger partial charge in [0, 0.05) is 25.0 Å². The highest BCUT2D eigenvalue weighted by molar-refractivity contribution is 5.88. The Morgan fingerprint density at radius 1 is 1.24 bits per heavy atom. The molecule has 29 heavy (non-hydrogen) atoms. The number of rotatable bonds is 8. The van der Waals surface area contributed by atoms with Crippen molar-refractivity contribution in [3.05, 3.63) is 69.8 Å². The van der Waals surface area contributed by atoms with E-state index < -0.39 is 6.10 Å². The Hall–Kier alpha value is -3.15. The van der Waals surface area contributed by atoms with Crippen molar-refractivity contribution in [3.8, 4) is 5.75 Å². The van der Waals surface area contributed by atoms with Gasteiger partial charge in [0.05, 0.1) is 5.39 Å². The zero-order valence-electron chi connectivity index (χ0n) is 17.0. The van der Waals surface area contributed by atoms with Gasteiger partial charge in [0.15, 0.2) is 6.10 Å². The van der Waals surface area contributed by atoms with Gasteiger partial charge in [-0.2, -0.15) is 0 Å². The van der Waals surface area contributed by atoms with Crippen LogP contribution in [0.2, 0.25) is 0 Å². The first-order valence-electron chi connectivity index (χ1n) is 9.88. The van der Waals surface area contributed by atoms with E-state index in [1.54, 1.807) is 19.3 Å². The van der Waals surface area contributed by atoms with Crippen LogP contribution in [-0.2, 0) is 17.8 Å². The number of nitrogens with zero attached hydrogens (tertiary/aromatic N) is 1. The van der Waals surface area contributed by atoms with Crippen molar-refractivity contribution in [2.45, 2.75) is 52.7 Å². The molecular weight excluding hydrogens is 368 g/mol. The van der Waals surface area contributed by atoms with Crippen LogP contribution in [0.15, 0.2) is 51.9 Å². The van der Waals surface area contributed by atoms with Crippen LogP contribution in [0.5, 0.6) is 5.75 Å². The summed E-state index contributed by atoms with van der Waals surface area (Å²) in [6.45, 7) is 6.12. The molecule has 6 heteroatoms. The van der Waals surface area contributed by atoms with Crippen LogP contribution in [0, 0.1) is 6.92 Å². The predicted octanol–water partition coefficient (Wildman–Crippen LogP) is 3.92. The molecule has 1 aromatic carbocycles. The van der Waals surface area contributed by atoms with Crippen LogP contribution < -0.4 is 15.7 Å².